The lowest BCUT2D eigenvalue weighted by Gasteiger charge is -2.15. The quantitative estimate of drug-likeness (QED) is 0.940. The number of aromatic nitrogens is 2. The van der Waals surface area contributed by atoms with E-state index in [2.05, 4.69) is 23.7 Å². The topological polar surface area (TPSA) is 38.0 Å². The third kappa shape index (κ3) is 1.61. The van der Waals surface area contributed by atoms with Crippen LogP contribution < -0.4 is 0 Å². The number of aliphatic hydroxyl groups excluding tert-OH is 1. The number of fused-ring (bicyclic) bond motifs is 6. The molecule has 5 atom stereocenters. The smallest absolute Gasteiger partial charge is 0.112 e. The number of aliphatic hydroxyl groups is 1. The van der Waals surface area contributed by atoms with E-state index in [0.717, 1.165) is 40.5 Å². The van der Waals surface area contributed by atoms with Crippen LogP contribution >= 0.6 is 0 Å². The Balaban J connectivity index is 1.38. The molecule has 3 aliphatic carbocycles. The Morgan fingerprint density at radius 1 is 1.24 bits per heavy atom. The summed E-state index contributed by atoms with van der Waals surface area (Å²) in [5.74, 6) is 5.14. The third-order valence-electron chi connectivity index (χ3n) is 6.51. The second-order valence-electron chi connectivity index (χ2n) is 7.41. The van der Waals surface area contributed by atoms with E-state index in [-0.39, 0.29) is 6.10 Å². The molecule has 0 aliphatic heterocycles. The molecule has 3 saturated carbocycles. The molecule has 1 N–H and O–H groups in total. The minimum absolute atomic E-state index is 0.195. The Kier molecular flexibility index (Phi) is 2.38. The van der Waals surface area contributed by atoms with Crippen LogP contribution in [0.3, 0.4) is 0 Å². The highest BCUT2D eigenvalue weighted by Crippen LogP contribution is 2.70. The van der Waals surface area contributed by atoms with Gasteiger partial charge in [0.15, 0.2) is 0 Å². The van der Waals surface area contributed by atoms with Gasteiger partial charge in [-0.05, 0) is 61.0 Å². The van der Waals surface area contributed by atoms with Crippen molar-refractivity contribution >= 4 is 11.0 Å². The van der Waals surface area contributed by atoms with E-state index >= 15 is 0 Å². The molecule has 3 heteroatoms. The van der Waals surface area contributed by atoms with E-state index in [4.69, 9.17) is 4.98 Å². The van der Waals surface area contributed by atoms with Gasteiger partial charge in [0.1, 0.15) is 5.82 Å². The number of nitrogens with zero attached hydrogens (tertiary/aromatic N) is 2. The van der Waals surface area contributed by atoms with Gasteiger partial charge < -0.3 is 9.67 Å². The van der Waals surface area contributed by atoms with Crippen molar-refractivity contribution in [2.45, 2.75) is 31.8 Å². The highest BCUT2D eigenvalue weighted by atomic mass is 16.3. The fourth-order valence-electron chi connectivity index (χ4n) is 5.61. The number of benzene rings is 1. The van der Waals surface area contributed by atoms with Crippen molar-refractivity contribution in [3.8, 4) is 0 Å². The van der Waals surface area contributed by atoms with E-state index < -0.39 is 0 Å². The molecular formula is C18H22N2O. The number of aryl methyl sites for hydroxylation is 1. The molecule has 0 radical (unpaired) electrons. The first-order valence-electron chi connectivity index (χ1n) is 8.32. The lowest BCUT2D eigenvalue weighted by atomic mass is 9.97. The summed E-state index contributed by atoms with van der Waals surface area (Å²) in [6, 6.07) is 8.23. The summed E-state index contributed by atoms with van der Waals surface area (Å²) < 4.78 is 2.14. The summed E-state index contributed by atoms with van der Waals surface area (Å²) in [5, 5.41) is 10.7. The van der Waals surface area contributed by atoms with E-state index in [1.807, 2.05) is 12.1 Å². The fraction of sp³-hybridized carbons (Fsp3) is 0.611. The van der Waals surface area contributed by atoms with Crippen molar-refractivity contribution < 1.29 is 5.11 Å². The predicted molar refractivity (Wildman–Crippen MR) is 81.7 cm³/mol. The van der Waals surface area contributed by atoms with Gasteiger partial charge in [0.2, 0.25) is 0 Å². The molecule has 1 aromatic heterocycles. The maximum absolute atomic E-state index is 10.7. The SMILES string of the molecule is Cn1c(CC(O)C2C3C4CCC(C4)C23)nc2ccccc21. The van der Waals surface area contributed by atoms with Crippen LogP contribution in [0, 0.1) is 29.6 Å². The Bertz CT molecular complexity index is 690. The van der Waals surface area contributed by atoms with Gasteiger partial charge in [-0.25, -0.2) is 4.98 Å². The number of para-hydroxylation sites is 2. The first-order chi connectivity index (χ1) is 10.2. The number of imidazole rings is 1. The summed E-state index contributed by atoms with van der Waals surface area (Å²) in [6.45, 7) is 0. The summed E-state index contributed by atoms with van der Waals surface area (Å²) in [4.78, 5) is 4.71. The number of rotatable bonds is 3. The van der Waals surface area contributed by atoms with Crippen LogP contribution in [0.15, 0.2) is 24.3 Å². The van der Waals surface area contributed by atoms with Crippen molar-refractivity contribution in [3.05, 3.63) is 30.1 Å². The van der Waals surface area contributed by atoms with Gasteiger partial charge >= 0.3 is 0 Å². The second-order valence-corrected chi connectivity index (χ2v) is 7.41. The Hall–Kier alpha value is -1.35. The molecule has 2 aromatic rings. The van der Waals surface area contributed by atoms with Gasteiger partial charge in [0.25, 0.3) is 0 Å². The van der Waals surface area contributed by atoms with Crippen LogP contribution in [-0.4, -0.2) is 20.8 Å². The molecule has 3 fully saturated rings. The van der Waals surface area contributed by atoms with Crippen LogP contribution in [0.4, 0.5) is 0 Å². The largest absolute Gasteiger partial charge is 0.392 e. The second kappa shape index (κ2) is 4.10. The van der Waals surface area contributed by atoms with Crippen molar-refractivity contribution in [1.29, 1.82) is 0 Å². The zero-order valence-corrected chi connectivity index (χ0v) is 12.4. The van der Waals surface area contributed by atoms with E-state index in [0.29, 0.717) is 12.3 Å². The molecule has 2 bridgehead atoms. The average molecular weight is 282 g/mol. The van der Waals surface area contributed by atoms with Gasteiger partial charge in [0, 0.05) is 13.5 Å². The van der Waals surface area contributed by atoms with Gasteiger partial charge in [-0.15, -0.1) is 0 Å². The Labute approximate surface area is 125 Å². The summed E-state index contributed by atoms with van der Waals surface area (Å²) >= 11 is 0. The lowest BCUT2D eigenvalue weighted by molar-refractivity contribution is 0.126. The highest BCUT2D eigenvalue weighted by Gasteiger charge is 2.66. The molecule has 3 aliphatic rings. The van der Waals surface area contributed by atoms with Gasteiger partial charge in [-0.3, -0.25) is 0 Å². The van der Waals surface area contributed by atoms with E-state index in [9.17, 15) is 5.11 Å². The normalized spacial score (nSPS) is 37.9. The molecule has 21 heavy (non-hydrogen) atoms. The summed E-state index contributed by atoms with van der Waals surface area (Å²) in [5.41, 5.74) is 2.20. The minimum atomic E-state index is -0.195. The molecule has 3 nitrogen and oxygen atoms in total. The molecule has 5 rings (SSSR count). The van der Waals surface area contributed by atoms with Crippen molar-refractivity contribution in [1.82, 2.24) is 9.55 Å². The van der Waals surface area contributed by atoms with Crippen molar-refractivity contribution in [2.75, 3.05) is 0 Å². The maximum Gasteiger partial charge on any atom is 0.112 e. The lowest BCUT2D eigenvalue weighted by Crippen LogP contribution is -2.20. The number of hydrogen-bond acceptors (Lipinski definition) is 2. The molecule has 110 valence electrons. The molecule has 1 heterocycles. The zero-order valence-electron chi connectivity index (χ0n) is 12.4. The maximum atomic E-state index is 10.7. The standard InChI is InChI=1S/C18H22N2O/c1-20-13-5-3-2-4-12(13)19-15(20)9-14(21)18-16-10-6-7-11(8-10)17(16)18/h2-5,10-11,14,16-18,21H,6-9H2,1H3. The molecular weight excluding hydrogens is 260 g/mol. The Morgan fingerprint density at radius 2 is 1.95 bits per heavy atom. The van der Waals surface area contributed by atoms with E-state index in [1.165, 1.54) is 19.3 Å². The molecule has 0 amide bonds. The van der Waals surface area contributed by atoms with Crippen LogP contribution in [0.2, 0.25) is 0 Å². The zero-order chi connectivity index (χ0) is 14.1. The van der Waals surface area contributed by atoms with Crippen LogP contribution in [0.5, 0.6) is 0 Å². The monoisotopic (exact) mass is 282 g/mol. The minimum Gasteiger partial charge on any atom is -0.392 e. The average Bonchev–Trinajstić information content (AvgIpc) is 2.77. The molecule has 0 spiro atoms. The fourth-order valence-corrected chi connectivity index (χ4v) is 5.61. The molecule has 1 aromatic carbocycles. The summed E-state index contributed by atoms with van der Waals surface area (Å²) in [6.07, 6.45) is 4.80. The predicted octanol–water partition coefficient (Wildman–Crippen LogP) is 2.77. The first-order valence-corrected chi connectivity index (χ1v) is 8.32. The van der Waals surface area contributed by atoms with Gasteiger partial charge in [0.05, 0.1) is 17.1 Å². The third-order valence-corrected chi connectivity index (χ3v) is 6.51. The van der Waals surface area contributed by atoms with Gasteiger partial charge in [-0.2, -0.15) is 0 Å². The van der Waals surface area contributed by atoms with Crippen molar-refractivity contribution in [2.24, 2.45) is 36.6 Å². The van der Waals surface area contributed by atoms with Crippen LogP contribution in [0.25, 0.3) is 11.0 Å². The van der Waals surface area contributed by atoms with Crippen LogP contribution in [0.1, 0.15) is 25.1 Å². The molecule has 5 unspecified atom stereocenters. The Morgan fingerprint density at radius 3 is 2.67 bits per heavy atom. The summed E-state index contributed by atoms with van der Waals surface area (Å²) in [7, 11) is 2.06. The first kappa shape index (κ1) is 12.2. The van der Waals surface area contributed by atoms with Crippen molar-refractivity contribution in [3.63, 3.8) is 0 Å². The van der Waals surface area contributed by atoms with E-state index in [1.54, 1.807) is 0 Å². The number of hydrogen-bond donors (Lipinski definition) is 1. The van der Waals surface area contributed by atoms with Crippen LogP contribution in [-0.2, 0) is 13.5 Å². The highest BCUT2D eigenvalue weighted by molar-refractivity contribution is 5.75. The van der Waals surface area contributed by atoms with Gasteiger partial charge in [-0.1, -0.05) is 12.1 Å². The molecule has 0 saturated heterocycles.